The van der Waals surface area contributed by atoms with E-state index in [1.807, 2.05) is 0 Å². The van der Waals surface area contributed by atoms with Gasteiger partial charge in [0, 0.05) is 25.7 Å². The van der Waals surface area contributed by atoms with E-state index in [-0.39, 0.29) is 25.7 Å². The number of hydrogen-bond acceptors (Lipinski definition) is 15. The molecule has 0 heterocycles. The summed E-state index contributed by atoms with van der Waals surface area (Å²) in [6, 6.07) is 0. The van der Waals surface area contributed by atoms with Gasteiger partial charge in [0.05, 0.1) is 26.4 Å². The second-order valence-electron chi connectivity index (χ2n) is 27.6. The van der Waals surface area contributed by atoms with Crippen molar-refractivity contribution >= 4 is 39.5 Å². The first-order valence-corrected chi connectivity index (χ1v) is 40.2. The summed E-state index contributed by atoms with van der Waals surface area (Å²) in [5.41, 5.74) is 0. The van der Waals surface area contributed by atoms with E-state index in [0.29, 0.717) is 37.5 Å². The summed E-state index contributed by atoms with van der Waals surface area (Å²) in [6.07, 6.45) is 44.5. The van der Waals surface area contributed by atoms with E-state index >= 15 is 0 Å². The third-order valence-electron chi connectivity index (χ3n) is 16.9. The Labute approximate surface area is 556 Å². The van der Waals surface area contributed by atoms with Crippen LogP contribution in [0.5, 0.6) is 0 Å². The summed E-state index contributed by atoms with van der Waals surface area (Å²) in [6.45, 7) is 14.1. The highest BCUT2D eigenvalue weighted by Crippen LogP contribution is 2.45. The van der Waals surface area contributed by atoms with Crippen LogP contribution < -0.4 is 0 Å². The molecule has 6 atom stereocenters. The fourth-order valence-electron chi connectivity index (χ4n) is 10.8. The molecule has 540 valence electrons. The lowest BCUT2D eigenvalue weighted by Gasteiger charge is -2.21. The van der Waals surface area contributed by atoms with Gasteiger partial charge in [-0.3, -0.25) is 37.3 Å². The molecule has 0 radical (unpaired) electrons. The van der Waals surface area contributed by atoms with Gasteiger partial charge in [-0.25, -0.2) is 9.13 Å². The van der Waals surface area contributed by atoms with Gasteiger partial charge < -0.3 is 33.8 Å². The molecule has 91 heavy (non-hydrogen) atoms. The third-order valence-corrected chi connectivity index (χ3v) is 18.8. The summed E-state index contributed by atoms with van der Waals surface area (Å²) in [5.74, 6) is 0.876. The van der Waals surface area contributed by atoms with E-state index in [4.69, 9.17) is 37.0 Å². The molecule has 0 bridgehead atoms. The molecule has 0 aromatic rings. The first-order chi connectivity index (χ1) is 43.6. The monoisotopic (exact) mass is 1340 g/mol. The molecular formula is C72H140O17P2. The highest BCUT2D eigenvalue weighted by atomic mass is 31.2. The minimum absolute atomic E-state index is 0.103. The first kappa shape index (κ1) is 89.1. The standard InChI is InChI=1S/C72H140O17P2/c1-9-65(8)51-43-35-27-19-16-17-20-28-36-44-52-69(74)82-58-68(89-72(77)55-47-39-31-23-26-34-42-50-64(6)7)61-87-91(80,81)85-57-66(73)56-84-90(78,79)86-60-67(59-83-70(75)53-45-37-30-22-25-33-41-49-63(4)5)88-71(76)54-46-38-29-21-15-13-11-10-12-14-18-24-32-40-48-62(2)3/h62-68,73H,9-61H2,1-8H3,(H,78,79)(H,80,81)/t65?,66?,67-,68-/m1/s1. The molecule has 0 fully saturated rings. The maximum atomic E-state index is 13.0. The first-order valence-electron chi connectivity index (χ1n) is 37.2. The number of hydrogen-bond donors (Lipinski definition) is 3. The molecule has 0 rings (SSSR count). The molecule has 0 saturated heterocycles. The summed E-state index contributed by atoms with van der Waals surface area (Å²) in [7, 11) is -9.90. The van der Waals surface area contributed by atoms with E-state index in [1.54, 1.807) is 0 Å². The average molecular weight is 1340 g/mol. The van der Waals surface area contributed by atoms with Gasteiger partial charge in [-0.1, -0.05) is 306 Å². The van der Waals surface area contributed by atoms with E-state index < -0.39 is 97.5 Å². The fourth-order valence-corrected chi connectivity index (χ4v) is 12.4. The number of esters is 4. The summed E-state index contributed by atoms with van der Waals surface area (Å²) < 4.78 is 68.3. The second kappa shape index (κ2) is 61.6. The zero-order valence-electron chi connectivity index (χ0n) is 59.5. The maximum absolute atomic E-state index is 13.0. The molecule has 0 saturated carbocycles. The number of aliphatic hydroxyl groups is 1. The Hall–Kier alpha value is -1.94. The van der Waals surface area contributed by atoms with E-state index in [1.165, 1.54) is 154 Å². The van der Waals surface area contributed by atoms with Crippen molar-refractivity contribution in [3.8, 4) is 0 Å². The van der Waals surface area contributed by atoms with Crippen LogP contribution in [-0.4, -0.2) is 96.7 Å². The van der Waals surface area contributed by atoms with Crippen molar-refractivity contribution in [1.82, 2.24) is 0 Å². The molecule has 3 N–H and O–H groups in total. The number of carbonyl (C=O) groups is 4. The lowest BCUT2D eigenvalue weighted by molar-refractivity contribution is -0.161. The van der Waals surface area contributed by atoms with Gasteiger partial charge in [0.25, 0.3) is 0 Å². The maximum Gasteiger partial charge on any atom is 0.472 e. The minimum Gasteiger partial charge on any atom is -0.462 e. The molecule has 17 nitrogen and oxygen atoms in total. The molecule has 0 aliphatic carbocycles. The van der Waals surface area contributed by atoms with Crippen molar-refractivity contribution in [3.05, 3.63) is 0 Å². The van der Waals surface area contributed by atoms with Gasteiger partial charge in [0.1, 0.15) is 19.3 Å². The van der Waals surface area contributed by atoms with Gasteiger partial charge in [-0.15, -0.1) is 0 Å². The zero-order chi connectivity index (χ0) is 67.5. The second-order valence-corrected chi connectivity index (χ2v) is 30.6. The van der Waals surface area contributed by atoms with Crippen LogP contribution in [0.15, 0.2) is 0 Å². The number of unbranched alkanes of at least 4 members (excludes halogenated alkanes) is 34. The molecule has 0 aromatic heterocycles. The number of ether oxygens (including phenoxy) is 4. The van der Waals surface area contributed by atoms with E-state index in [9.17, 15) is 43.2 Å². The number of aliphatic hydroxyl groups excluding tert-OH is 1. The lowest BCUT2D eigenvalue weighted by Crippen LogP contribution is -2.30. The average Bonchev–Trinajstić information content (AvgIpc) is 3.31. The van der Waals surface area contributed by atoms with Crippen LogP contribution in [0.25, 0.3) is 0 Å². The smallest absolute Gasteiger partial charge is 0.462 e. The molecule has 0 amide bonds. The number of rotatable bonds is 69. The zero-order valence-corrected chi connectivity index (χ0v) is 61.3. The summed E-state index contributed by atoms with van der Waals surface area (Å²) in [5, 5.41) is 10.6. The van der Waals surface area contributed by atoms with Crippen molar-refractivity contribution < 1.29 is 80.2 Å². The molecule has 19 heteroatoms. The van der Waals surface area contributed by atoms with Gasteiger partial charge in [-0.2, -0.15) is 0 Å². The van der Waals surface area contributed by atoms with Crippen LogP contribution >= 0.6 is 15.6 Å². The van der Waals surface area contributed by atoms with Crippen molar-refractivity contribution in [3.63, 3.8) is 0 Å². The Morgan fingerprint density at radius 3 is 0.780 bits per heavy atom. The summed E-state index contributed by atoms with van der Waals surface area (Å²) >= 11 is 0. The highest BCUT2D eigenvalue weighted by molar-refractivity contribution is 7.47. The van der Waals surface area contributed by atoms with Crippen molar-refractivity contribution in [2.75, 3.05) is 39.6 Å². The van der Waals surface area contributed by atoms with Crippen LogP contribution in [0.2, 0.25) is 0 Å². The third kappa shape index (κ3) is 65.1. The lowest BCUT2D eigenvalue weighted by atomic mass is 9.99. The van der Waals surface area contributed by atoms with E-state index in [0.717, 1.165) is 108 Å². The predicted molar refractivity (Wildman–Crippen MR) is 367 cm³/mol. The number of carbonyl (C=O) groups excluding carboxylic acids is 4. The van der Waals surface area contributed by atoms with Gasteiger partial charge in [0.2, 0.25) is 0 Å². The Bertz CT molecular complexity index is 1800. The van der Waals surface area contributed by atoms with Crippen LogP contribution in [0, 0.1) is 23.7 Å². The Kier molecular flexibility index (Phi) is 60.3. The Balaban J connectivity index is 5.22. The van der Waals surface area contributed by atoms with Crippen LogP contribution in [0.4, 0.5) is 0 Å². The largest absolute Gasteiger partial charge is 0.472 e. The fraction of sp³-hybridized carbons (Fsp3) is 0.944. The normalized spacial score (nSPS) is 14.5. The van der Waals surface area contributed by atoms with Gasteiger partial charge in [0.15, 0.2) is 12.2 Å². The quantitative estimate of drug-likeness (QED) is 0.0222. The summed E-state index contributed by atoms with van der Waals surface area (Å²) in [4.78, 5) is 72.6. The SMILES string of the molecule is CCC(C)CCCCCCCCCCCCC(=O)OC[C@H](COP(=O)(O)OCC(O)COP(=O)(O)OC[C@@H](COC(=O)CCCCCCCCCC(C)C)OC(=O)CCCCCCCCCCCCCCCCC(C)C)OC(=O)CCCCCCCCCC(C)C. The van der Waals surface area contributed by atoms with Crippen LogP contribution in [0.3, 0.4) is 0 Å². The van der Waals surface area contributed by atoms with E-state index in [2.05, 4.69) is 55.4 Å². The van der Waals surface area contributed by atoms with Gasteiger partial charge in [-0.05, 0) is 49.4 Å². The number of phosphoric acid groups is 2. The minimum atomic E-state index is -4.95. The molecule has 0 aromatic carbocycles. The molecule has 0 aliphatic rings. The van der Waals surface area contributed by atoms with Crippen LogP contribution in [-0.2, 0) is 65.4 Å². The predicted octanol–water partition coefficient (Wildman–Crippen LogP) is 20.5. The van der Waals surface area contributed by atoms with Crippen molar-refractivity contribution in [2.24, 2.45) is 23.7 Å². The van der Waals surface area contributed by atoms with Crippen molar-refractivity contribution in [2.45, 2.75) is 375 Å². The Morgan fingerprint density at radius 2 is 0.527 bits per heavy atom. The molecule has 0 spiro atoms. The highest BCUT2D eigenvalue weighted by Gasteiger charge is 2.30. The molecule has 0 aliphatic heterocycles. The van der Waals surface area contributed by atoms with Crippen LogP contribution in [0.1, 0.15) is 357 Å². The topological polar surface area (TPSA) is 237 Å². The Morgan fingerprint density at radius 1 is 0.308 bits per heavy atom. The number of phosphoric ester groups is 2. The molecule has 4 unspecified atom stereocenters. The van der Waals surface area contributed by atoms with Crippen molar-refractivity contribution in [1.29, 1.82) is 0 Å². The molecular weight excluding hydrogens is 1200 g/mol. The van der Waals surface area contributed by atoms with Gasteiger partial charge >= 0.3 is 39.5 Å².